The van der Waals surface area contributed by atoms with Gasteiger partial charge in [0.25, 0.3) is 0 Å². The zero-order valence-corrected chi connectivity index (χ0v) is 9.02. The van der Waals surface area contributed by atoms with E-state index < -0.39 is 0 Å². The van der Waals surface area contributed by atoms with Gasteiger partial charge in [0.1, 0.15) is 5.82 Å². The molecule has 0 saturated carbocycles. The first-order valence-electron chi connectivity index (χ1n) is 5.17. The van der Waals surface area contributed by atoms with Crippen LogP contribution in [0.3, 0.4) is 0 Å². The average molecular weight is 220 g/mol. The van der Waals surface area contributed by atoms with Crippen LogP contribution in [-0.4, -0.2) is 21.5 Å². The largest absolute Gasteiger partial charge is 0.311 e. The van der Waals surface area contributed by atoms with E-state index in [1.54, 1.807) is 18.3 Å². The van der Waals surface area contributed by atoms with Crippen LogP contribution in [0.5, 0.6) is 0 Å². The monoisotopic (exact) mass is 220 g/mol. The lowest BCUT2D eigenvalue weighted by atomic mass is 10.3. The summed E-state index contributed by atoms with van der Waals surface area (Å²) < 4.78 is 12.7. The molecule has 0 atom stereocenters. The second-order valence-corrected chi connectivity index (χ2v) is 3.38. The number of hydrogen-bond donors (Lipinski definition) is 1. The number of rotatable bonds is 4. The number of benzene rings is 1. The van der Waals surface area contributed by atoms with Gasteiger partial charge in [-0.3, -0.25) is 0 Å². The van der Waals surface area contributed by atoms with E-state index in [4.69, 9.17) is 0 Å². The maximum atomic E-state index is 12.7. The van der Waals surface area contributed by atoms with E-state index in [-0.39, 0.29) is 5.82 Å². The van der Waals surface area contributed by atoms with Crippen LogP contribution in [0.2, 0.25) is 0 Å². The van der Waals surface area contributed by atoms with Gasteiger partial charge >= 0.3 is 0 Å². The maximum Gasteiger partial charge on any atom is 0.123 e. The molecule has 1 aromatic carbocycles. The Labute approximate surface area is 93.1 Å². The van der Waals surface area contributed by atoms with Crippen molar-refractivity contribution < 1.29 is 4.39 Å². The summed E-state index contributed by atoms with van der Waals surface area (Å²) in [4.78, 5) is 1.49. The summed E-state index contributed by atoms with van der Waals surface area (Å²) in [5.74, 6) is -0.260. The van der Waals surface area contributed by atoms with Gasteiger partial charge < -0.3 is 5.32 Å². The number of nitrogens with zero attached hydrogens (tertiary/aromatic N) is 3. The molecular weight excluding hydrogens is 207 g/mol. The topological polar surface area (TPSA) is 42.7 Å². The minimum atomic E-state index is -0.260. The van der Waals surface area contributed by atoms with Gasteiger partial charge in [-0.25, -0.2) is 4.39 Å². The molecular formula is C11H13FN4. The first-order chi connectivity index (χ1) is 7.79. The van der Waals surface area contributed by atoms with E-state index in [0.29, 0.717) is 6.54 Å². The normalized spacial score (nSPS) is 10.6. The zero-order chi connectivity index (χ0) is 11.4. The fourth-order valence-corrected chi connectivity index (χ4v) is 1.33. The average Bonchev–Trinajstić information content (AvgIpc) is 2.76. The van der Waals surface area contributed by atoms with Crippen LogP contribution >= 0.6 is 0 Å². The van der Waals surface area contributed by atoms with E-state index in [9.17, 15) is 4.39 Å². The van der Waals surface area contributed by atoms with Gasteiger partial charge in [0, 0.05) is 6.54 Å². The van der Waals surface area contributed by atoms with Crippen LogP contribution in [0.1, 0.15) is 12.6 Å². The minimum Gasteiger partial charge on any atom is -0.311 e. The Morgan fingerprint density at radius 1 is 1.31 bits per heavy atom. The quantitative estimate of drug-likeness (QED) is 0.849. The lowest BCUT2D eigenvalue weighted by molar-refractivity contribution is 0.625. The second-order valence-electron chi connectivity index (χ2n) is 3.38. The molecule has 0 fully saturated rings. The van der Waals surface area contributed by atoms with Crippen molar-refractivity contribution in [2.24, 2.45) is 0 Å². The Kier molecular flexibility index (Phi) is 3.26. The molecule has 5 heteroatoms. The first-order valence-corrected chi connectivity index (χ1v) is 5.17. The molecule has 0 radical (unpaired) electrons. The molecule has 4 nitrogen and oxygen atoms in total. The summed E-state index contributed by atoms with van der Waals surface area (Å²) in [7, 11) is 0. The van der Waals surface area contributed by atoms with Crippen LogP contribution in [-0.2, 0) is 6.54 Å². The van der Waals surface area contributed by atoms with Crippen molar-refractivity contribution in [3.8, 4) is 5.69 Å². The zero-order valence-electron chi connectivity index (χ0n) is 9.02. The van der Waals surface area contributed by atoms with E-state index in [2.05, 4.69) is 15.5 Å². The highest BCUT2D eigenvalue weighted by molar-refractivity contribution is 5.29. The lowest BCUT2D eigenvalue weighted by Crippen LogP contribution is -2.12. The third kappa shape index (κ3) is 2.43. The summed E-state index contributed by atoms with van der Waals surface area (Å²) in [6.45, 7) is 3.62. The first kappa shape index (κ1) is 10.8. The molecule has 0 aliphatic rings. The van der Waals surface area contributed by atoms with Gasteiger partial charge in [-0.1, -0.05) is 6.92 Å². The van der Waals surface area contributed by atoms with Gasteiger partial charge in [0.15, 0.2) is 0 Å². The van der Waals surface area contributed by atoms with E-state index in [1.165, 1.54) is 16.9 Å². The smallest absolute Gasteiger partial charge is 0.123 e. The van der Waals surface area contributed by atoms with Crippen molar-refractivity contribution in [2.75, 3.05) is 6.54 Å². The molecule has 2 rings (SSSR count). The van der Waals surface area contributed by atoms with E-state index in [0.717, 1.165) is 17.9 Å². The highest BCUT2D eigenvalue weighted by Gasteiger charge is 2.02. The van der Waals surface area contributed by atoms with E-state index >= 15 is 0 Å². The van der Waals surface area contributed by atoms with Crippen LogP contribution in [0, 0.1) is 5.82 Å². The predicted molar refractivity (Wildman–Crippen MR) is 58.7 cm³/mol. The standard InChI is InChI=1S/C11H13FN4/c1-2-13-7-10-8-14-16(15-10)11-5-3-9(12)4-6-11/h3-6,8,13H,2,7H2,1H3. The summed E-state index contributed by atoms with van der Waals surface area (Å²) in [6.07, 6.45) is 1.70. The second kappa shape index (κ2) is 4.85. The van der Waals surface area contributed by atoms with Gasteiger partial charge in [0.2, 0.25) is 0 Å². The van der Waals surface area contributed by atoms with Crippen molar-refractivity contribution in [3.63, 3.8) is 0 Å². The van der Waals surface area contributed by atoms with Crippen LogP contribution in [0.15, 0.2) is 30.5 Å². The van der Waals surface area contributed by atoms with Crippen molar-refractivity contribution in [1.29, 1.82) is 0 Å². The number of hydrogen-bond acceptors (Lipinski definition) is 3. The molecule has 1 heterocycles. The Hall–Kier alpha value is -1.75. The molecule has 16 heavy (non-hydrogen) atoms. The van der Waals surface area contributed by atoms with Crippen LogP contribution in [0.4, 0.5) is 4.39 Å². The summed E-state index contributed by atoms with van der Waals surface area (Å²) in [5, 5.41) is 11.5. The van der Waals surface area contributed by atoms with Crippen LogP contribution in [0.25, 0.3) is 5.69 Å². The highest BCUT2D eigenvalue weighted by atomic mass is 19.1. The molecule has 0 bridgehead atoms. The Morgan fingerprint density at radius 3 is 2.75 bits per heavy atom. The van der Waals surface area contributed by atoms with Gasteiger partial charge in [-0.05, 0) is 30.8 Å². The van der Waals surface area contributed by atoms with Gasteiger partial charge in [-0.15, -0.1) is 0 Å². The van der Waals surface area contributed by atoms with Crippen LogP contribution < -0.4 is 5.32 Å². The molecule has 1 N–H and O–H groups in total. The van der Waals surface area contributed by atoms with Crippen molar-refractivity contribution >= 4 is 0 Å². The lowest BCUT2D eigenvalue weighted by Gasteiger charge is -1.98. The molecule has 0 aliphatic heterocycles. The third-order valence-electron chi connectivity index (χ3n) is 2.15. The summed E-state index contributed by atoms with van der Waals surface area (Å²) >= 11 is 0. The van der Waals surface area contributed by atoms with Gasteiger partial charge in [0.05, 0.1) is 17.6 Å². The van der Waals surface area contributed by atoms with Crippen molar-refractivity contribution in [2.45, 2.75) is 13.5 Å². The van der Waals surface area contributed by atoms with E-state index in [1.807, 2.05) is 6.92 Å². The summed E-state index contributed by atoms with van der Waals surface area (Å²) in [6, 6.07) is 6.07. The minimum absolute atomic E-state index is 0.260. The molecule has 2 aromatic rings. The summed E-state index contributed by atoms with van der Waals surface area (Å²) in [5.41, 5.74) is 1.62. The molecule has 0 amide bonds. The predicted octanol–water partition coefficient (Wildman–Crippen LogP) is 1.52. The molecule has 84 valence electrons. The number of nitrogens with one attached hydrogen (secondary N) is 1. The molecule has 0 saturated heterocycles. The maximum absolute atomic E-state index is 12.7. The SMILES string of the molecule is CCNCc1cnn(-c2ccc(F)cc2)n1. The van der Waals surface area contributed by atoms with Gasteiger partial charge in [-0.2, -0.15) is 15.0 Å². The number of halogens is 1. The fraction of sp³-hybridized carbons (Fsp3) is 0.273. The fourth-order valence-electron chi connectivity index (χ4n) is 1.33. The van der Waals surface area contributed by atoms with Crippen molar-refractivity contribution in [1.82, 2.24) is 20.3 Å². The Bertz CT molecular complexity index is 449. The third-order valence-corrected chi connectivity index (χ3v) is 2.15. The number of aromatic nitrogens is 3. The molecule has 0 aliphatic carbocycles. The Balaban J connectivity index is 2.15. The van der Waals surface area contributed by atoms with Crippen molar-refractivity contribution in [3.05, 3.63) is 42.0 Å². The Morgan fingerprint density at radius 2 is 2.06 bits per heavy atom. The molecule has 1 aromatic heterocycles. The highest BCUT2D eigenvalue weighted by Crippen LogP contribution is 2.06. The molecule has 0 unspecified atom stereocenters. The molecule has 0 spiro atoms.